The van der Waals surface area contributed by atoms with Gasteiger partial charge in [-0.25, -0.2) is 14.6 Å². The van der Waals surface area contributed by atoms with Crippen LogP contribution in [-0.4, -0.2) is 74.0 Å². The number of hydrogen-bond acceptors (Lipinski definition) is 10. The van der Waals surface area contributed by atoms with E-state index in [0.717, 1.165) is 32.1 Å². The molecule has 2 unspecified atom stereocenters. The van der Waals surface area contributed by atoms with Gasteiger partial charge in [0.25, 0.3) is 0 Å². The predicted molar refractivity (Wildman–Crippen MR) is 182 cm³/mol. The summed E-state index contributed by atoms with van der Waals surface area (Å²) in [5.74, 6) is 0.174. The van der Waals surface area contributed by atoms with Gasteiger partial charge in [0.15, 0.2) is 5.96 Å². The molecular weight excluding hydrogens is 638 g/mol. The Kier molecular flexibility index (Phi) is 21.0. The lowest BCUT2D eigenvalue weighted by Gasteiger charge is -2.34. The lowest BCUT2D eigenvalue weighted by atomic mass is 9.72. The van der Waals surface area contributed by atoms with E-state index in [9.17, 15) is 19.2 Å². The summed E-state index contributed by atoms with van der Waals surface area (Å²) < 4.78 is 20.0. The molecular formula is C32H58ClN3O9S. The fourth-order valence-corrected chi connectivity index (χ4v) is 4.46. The van der Waals surface area contributed by atoms with Crippen LogP contribution in [0.25, 0.3) is 0 Å². The van der Waals surface area contributed by atoms with Gasteiger partial charge in [-0.3, -0.25) is 9.59 Å². The Labute approximate surface area is 284 Å². The normalized spacial score (nSPS) is 14.3. The van der Waals surface area contributed by atoms with Crippen molar-refractivity contribution in [3.63, 3.8) is 0 Å². The number of guanidine groups is 1. The Bertz CT molecular complexity index is 978. The molecule has 0 aliphatic carbocycles. The quantitative estimate of drug-likeness (QED) is 0.0323. The van der Waals surface area contributed by atoms with Crippen LogP contribution in [0.3, 0.4) is 0 Å². The minimum absolute atomic E-state index is 0.0609. The van der Waals surface area contributed by atoms with Gasteiger partial charge in [-0.1, -0.05) is 67.7 Å². The van der Waals surface area contributed by atoms with Crippen molar-refractivity contribution in [2.24, 2.45) is 38.8 Å². The zero-order valence-corrected chi connectivity index (χ0v) is 30.7. The molecule has 12 nitrogen and oxygen atoms in total. The number of ether oxygens (including phenoxy) is 4. The number of carbonyl (C=O) groups excluding carboxylic acids is 3. The SMILES string of the molecule is CC(C)C(C)(C)CCCC(C)C(C)(C)CCOC(=O)CN=C(N)NCCCCCCOC(=O)C(C)(COC(=O)O)COC(=O)SCl. The molecule has 14 heteroatoms. The molecule has 0 aliphatic heterocycles. The molecule has 0 rings (SSSR count). The minimum atomic E-state index is -1.57. The average Bonchev–Trinajstić information content (AvgIpc) is 2.98. The van der Waals surface area contributed by atoms with E-state index in [-0.39, 0.29) is 24.5 Å². The highest BCUT2D eigenvalue weighted by atomic mass is 35.7. The van der Waals surface area contributed by atoms with Crippen molar-refractivity contribution >= 4 is 51.0 Å². The second-order valence-electron chi connectivity index (χ2n) is 13.8. The molecule has 0 aliphatic rings. The summed E-state index contributed by atoms with van der Waals surface area (Å²) in [6.07, 6.45) is 5.67. The van der Waals surface area contributed by atoms with Gasteiger partial charge >= 0.3 is 23.4 Å². The number of aliphatic imine (C=N–C) groups is 1. The van der Waals surface area contributed by atoms with Gasteiger partial charge in [-0.05, 0) is 72.4 Å². The van der Waals surface area contributed by atoms with E-state index in [1.165, 1.54) is 19.8 Å². The van der Waals surface area contributed by atoms with E-state index in [1.54, 1.807) is 0 Å². The summed E-state index contributed by atoms with van der Waals surface area (Å²) in [4.78, 5) is 50.8. The standard InChI is InChI=1S/C32H58ClN3O9S/c1-23(2)30(4,5)15-13-14-24(3)31(6,7)16-19-42-25(37)20-36-27(34)35-17-11-9-10-12-18-43-26(38)32(8,21-44-28(39)40)22-45-29(41)46-33/h23-24H,9-22H2,1-8H3,(H,39,40)(H3,34,35,36). The molecule has 0 spiro atoms. The van der Waals surface area contributed by atoms with E-state index >= 15 is 0 Å². The van der Waals surface area contributed by atoms with Crippen molar-refractivity contribution in [3.05, 3.63) is 0 Å². The first-order valence-electron chi connectivity index (χ1n) is 16.0. The topological polar surface area (TPSA) is 176 Å². The van der Waals surface area contributed by atoms with Crippen molar-refractivity contribution < 1.29 is 43.2 Å². The second kappa shape index (κ2) is 22.2. The van der Waals surface area contributed by atoms with Crippen molar-refractivity contribution in [1.29, 1.82) is 0 Å². The highest BCUT2D eigenvalue weighted by Crippen LogP contribution is 2.37. The Balaban J connectivity index is 4.23. The predicted octanol–water partition coefficient (Wildman–Crippen LogP) is 7.17. The Morgan fingerprint density at radius 2 is 1.48 bits per heavy atom. The number of hydrogen-bond donors (Lipinski definition) is 3. The summed E-state index contributed by atoms with van der Waals surface area (Å²) in [5.41, 5.74) is 4.77. The van der Waals surface area contributed by atoms with Crippen LogP contribution in [0.4, 0.5) is 9.59 Å². The van der Waals surface area contributed by atoms with Crippen LogP contribution in [-0.2, 0) is 28.5 Å². The first-order chi connectivity index (χ1) is 21.4. The highest BCUT2D eigenvalue weighted by molar-refractivity contribution is 8.32. The average molecular weight is 696 g/mol. The third-order valence-electron chi connectivity index (χ3n) is 8.93. The number of nitrogens with zero attached hydrogens (tertiary/aromatic N) is 1. The third-order valence-corrected chi connectivity index (χ3v) is 9.55. The second-order valence-corrected chi connectivity index (χ2v) is 14.8. The monoisotopic (exact) mass is 695 g/mol. The van der Waals surface area contributed by atoms with Crippen LogP contribution in [0.1, 0.15) is 107 Å². The number of esters is 2. The third kappa shape index (κ3) is 19.3. The first-order valence-corrected chi connectivity index (χ1v) is 17.7. The van der Waals surface area contributed by atoms with Crippen molar-refractivity contribution in [1.82, 2.24) is 5.32 Å². The van der Waals surface area contributed by atoms with Crippen LogP contribution in [0.2, 0.25) is 0 Å². The molecule has 46 heavy (non-hydrogen) atoms. The molecule has 0 fully saturated rings. The van der Waals surface area contributed by atoms with E-state index < -0.39 is 42.0 Å². The lowest BCUT2D eigenvalue weighted by Crippen LogP contribution is -2.40. The van der Waals surface area contributed by atoms with E-state index in [4.69, 9.17) is 35.7 Å². The van der Waals surface area contributed by atoms with Gasteiger partial charge in [0, 0.05) is 6.54 Å². The van der Waals surface area contributed by atoms with Gasteiger partial charge in [0.05, 0.1) is 24.2 Å². The van der Waals surface area contributed by atoms with Gasteiger partial charge in [-0.2, -0.15) is 0 Å². The van der Waals surface area contributed by atoms with Crippen LogP contribution in [0, 0.1) is 28.1 Å². The molecule has 0 amide bonds. The van der Waals surface area contributed by atoms with Gasteiger partial charge < -0.3 is 35.1 Å². The fourth-order valence-electron chi connectivity index (χ4n) is 4.23. The number of carbonyl (C=O) groups is 4. The maximum absolute atomic E-state index is 12.5. The molecule has 0 aromatic carbocycles. The summed E-state index contributed by atoms with van der Waals surface area (Å²) in [6, 6.07) is 0. The zero-order chi connectivity index (χ0) is 35.4. The largest absolute Gasteiger partial charge is 0.505 e. The van der Waals surface area contributed by atoms with Gasteiger partial charge in [0.1, 0.15) is 25.2 Å². The number of rotatable bonds is 23. The fraction of sp³-hybridized carbons (Fsp3) is 0.844. The number of nitrogens with one attached hydrogen (secondary N) is 1. The smallest absolute Gasteiger partial charge is 0.465 e. The van der Waals surface area contributed by atoms with Crippen molar-refractivity contribution in [2.75, 3.05) is 39.5 Å². The lowest BCUT2D eigenvalue weighted by molar-refractivity contribution is -0.160. The molecule has 4 N–H and O–H groups in total. The van der Waals surface area contributed by atoms with Crippen LogP contribution in [0.15, 0.2) is 4.99 Å². The van der Waals surface area contributed by atoms with Crippen LogP contribution in [0.5, 0.6) is 0 Å². The van der Waals surface area contributed by atoms with Gasteiger partial charge in [-0.15, -0.1) is 0 Å². The number of nitrogens with two attached hydrogens (primary N) is 1. The summed E-state index contributed by atoms with van der Waals surface area (Å²) in [6.45, 7) is 17.2. The molecule has 2 atom stereocenters. The molecule has 268 valence electrons. The van der Waals surface area contributed by atoms with Crippen molar-refractivity contribution in [3.8, 4) is 0 Å². The Morgan fingerprint density at radius 3 is 2.09 bits per heavy atom. The number of unbranched alkanes of at least 4 members (excludes halogenated alkanes) is 3. The molecule has 0 radical (unpaired) electrons. The van der Waals surface area contributed by atoms with E-state index in [2.05, 4.69) is 63.5 Å². The zero-order valence-electron chi connectivity index (χ0n) is 29.1. The maximum Gasteiger partial charge on any atom is 0.505 e. The van der Waals surface area contributed by atoms with Crippen LogP contribution < -0.4 is 11.1 Å². The molecule has 0 saturated heterocycles. The molecule has 0 aromatic heterocycles. The molecule has 0 bridgehead atoms. The van der Waals surface area contributed by atoms with Gasteiger partial charge in [0.2, 0.25) is 0 Å². The number of carboxylic acid groups (broad SMARTS) is 1. The number of halogens is 1. The molecule has 0 saturated carbocycles. The first kappa shape index (κ1) is 43.6. The van der Waals surface area contributed by atoms with Crippen molar-refractivity contribution in [2.45, 2.75) is 107 Å². The Morgan fingerprint density at radius 1 is 0.848 bits per heavy atom. The molecule has 0 aromatic rings. The van der Waals surface area contributed by atoms with E-state index in [0.29, 0.717) is 47.8 Å². The summed E-state index contributed by atoms with van der Waals surface area (Å²) in [5, 5.41) is 10.9. The minimum Gasteiger partial charge on any atom is -0.465 e. The highest BCUT2D eigenvalue weighted by Gasteiger charge is 2.38. The Hall–Kier alpha value is -2.41. The van der Waals surface area contributed by atoms with Crippen LogP contribution >= 0.6 is 21.7 Å². The molecule has 0 heterocycles. The summed E-state index contributed by atoms with van der Waals surface area (Å²) >= 11 is 0. The van der Waals surface area contributed by atoms with E-state index in [1.807, 2.05) is 0 Å². The summed E-state index contributed by atoms with van der Waals surface area (Å²) in [7, 11) is 5.62. The maximum atomic E-state index is 12.5.